The predicted molar refractivity (Wildman–Crippen MR) is 215 cm³/mol. The molecule has 0 radical (unpaired) electrons. The van der Waals surface area contributed by atoms with Gasteiger partial charge in [0.1, 0.15) is 0 Å². The van der Waals surface area contributed by atoms with E-state index in [0.717, 1.165) is 54.7 Å². The molecule has 0 spiro atoms. The summed E-state index contributed by atoms with van der Waals surface area (Å²) in [4.78, 5) is 0. The molecule has 0 aliphatic carbocycles. The van der Waals surface area contributed by atoms with E-state index in [9.17, 15) is 5.26 Å². The van der Waals surface area contributed by atoms with Crippen LogP contribution in [0.5, 0.6) is 0 Å². The monoisotopic (exact) mass is 667 g/mol. The average Bonchev–Trinajstić information content (AvgIpc) is 3.25. The second-order valence-corrected chi connectivity index (χ2v) is 13.9. The van der Waals surface area contributed by atoms with Crippen LogP contribution >= 0.6 is 11.3 Å². The Kier molecular flexibility index (Phi) is 6.74. The Bertz CT molecular complexity index is 2990. The van der Waals surface area contributed by atoms with Crippen molar-refractivity contribution < 1.29 is 0 Å². The standard InChI is InChI=1S/C47H29N3S/c48-30-31-28-43-46-44(29-31)50(38-25-20-35(21-26-38)33-12-5-2-6-13-33)42-27-22-36-14-9-16-40(45(36)47(42)51-46)39-15-7-8-17-41(39)49(43)37-23-18-34(19-24-37)32-10-3-1-4-11-32/h1-29H. The van der Waals surface area contributed by atoms with Gasteiger partial charge in [0.05, 0.1) is 43.1 Å². The highest BCUT2D eigenvalue weighted by Crippen LogP contribution is 2.43. The fourth-order valence-corrected chi connectivity index (χ4v) is 8.93. The van der Waals surface area contributed by atoms with Gasteiger partial charge in [-0.25, -0.2) is 0 Å². The van der Waals surface area contributed by atoms with Gasteiger partial charge in [0.25, 0.3) is 0 Å². The maximum absolute atomic E-state index is 10.5. The molecular formula is C47H29N3S. The van der Waals surface area contributed by atoms with E-state index in [4.69, 9.17) is 0 Å². The van der Waals surface area contributed by atoms with Gasteiger partial charge >= 0.3 is 0 Å². The number of hydrogen-bond acceptors (Lipinski definition) is 2. The third kappa shape index (κ3) is 4.71. The van der Waals surface area contributed by atoms with Crippen molar-refractivity contribution in [2.24, 2.45) is 0 Å². The minimum atomic E-state index is 0.611. The van der Waals surface area contributed by atoms with E-state index < -0.39 is 0 Å². The normalized spacial score (nSPS) is 11.5. The Hall–Kier alpha value is -6.67. The number of nitrogens with zero attached hydrogens (tertiary/aromatic N) is 3. The topological polar surface area (TPSA) is 33.6 Å². The molecule has 8 aromatic carbocycles. The highest BCUT2D eigenvalue weighted by molar-refractivity contribution is 7.26. The molecule has 0 N–H and O–H groups in total. The largest absolute Gasteiger partial charge is 0.308 e. The Morgan fingerprint density at radius 3 is 1.55 bits per heavy atom. The Morgan fingerprint density at radius 1 is 0.412 bits per heavy atom. The van der Waals surface area contributed by atoms with Crippen molar-refractivity contribution in [3.05, 3.63) is 181 Å². The number of hydrogen-bond donors (Lipinski definition) is 0. The molecule has 0 atom stereocenters. The van der Waals surface area contributed by atoms with Gasteiger partial charge in [-0.3, -0.25) is 0 Å². The van der Waals surface area contributed by atoms with Crippen LogP contribution in [0.25, 0.3) is 86.6 Å². The molecule has 4 heteroatoms. The summed E-state index contributed by atoms with van der Waals surface area (Å²) in [5, 5.41) is 15.3. The molecule has 0 saturated heterocycles. The van der Waals surface area contributed by atoms with Crippen molar-refractivity contribution in [1.82, 2.24) is 9.13 Å². The summed E-state index contributed by atoms with van der Waals surface area (Å²) in [7, 11) is 0. The summed E-state index contributed by atoms with van der Waals surface area (Å²) in [6.07, 6.45) is 0. The van der Waals surface area contributed by atoms with E-state index in [-0.39, 0.29) is 0 Å². The fourth-order valence-electron chi connectivity index (χ4n) is 7.62. The summed E-state index contributed by atoms with van der Waals surface area (Å²) in [5.41, 5.74) is 11.5. The van der Waals surface area contributed by atoms with Crippen LogP contribution in [0.2, 0.25) is 0 Å². The van der Waals surface area contributed by atoms with Gasteiger partial charge in [0, 0.05) is 22.1 Å². The summed E-state index contributed by atoms with van der Waals surface area (Å²) < 4.78 is 7.02. The summed E-state index contributed by atoms with van der Waals surface area (Å²) >= 11 is 1.81. The van der Waals surface area contributed by atoms with Gasteiger partial charge in [-0.1, -0.05) is 127 Å². The molecular weight excluding hydrogens is 639 g/mol. The van der Waals surface area contributed by atoms with Gasteiger partial charge < -0.3 is 9.13 Å². The van der Waals surface area contributed by atoms with Crippen molar-refractivity contribution in [2.45, 2.75) is 0 Å². The zero-order chi connectivity index (χ0) is 33.9. The van der Waals surface area contributed by atoms with Crippen molar-refractivity contribution in [3.63, 3.8) is 0 Å². The fraction of sp³-hybridized carbons (Fsp3) is 0. The summed E-state index contributed by atoms with van der Waals surface area (Å²) in [5.74, 6) is 0. The van der Waals surface area contributed by atoms with Crippen LogP contribution in [0.3, 0.4) is 0 Å². The molecule has 3 nitrogen and oxygen atoms in total. The van der Waals surface area contributed by atoms with E-state index in [2.05, 4.69) is 179 Å². The number of benzene rings is 8. The van der Waals surface area contributed by atoms with Crippen molar-refractivity contribution in [3.8, 4) is 39.7 Å². The number of rotatable bonds is 4. The van der Waals surface area contributed by atoms with Crippen LogP contribution in [0.4, 0.5) is 0 Å². The van der Waals surface area contributed by atoms with Crippen LogP contribution in [-0.2, 0) is 0 Å². The van der Waals surface area contributed by atoms with E-state index in [1.54, 1.807) is 0 Å². The molecule has 238 valence electrons. The Balaban J connectivity index is 1.39. The molecule has 2 aromatic heterocycles. The maximum Gasteiger partial charge on any atom is 0.0993 e. The molecule has 0 aliphatic rings. The lowest BCUT2D eigenvalue weighted by atomic mass is 10.0. The second-order valence-electron chi connectivity index (χ2n) is 12.9. The quantitative estimate of drug-likeness (QED) is 0.136. The molecule has 6 bridgehead atoms. The first-order valence-corrected chi connectivity index (χ1v) is 17.9. The minimum Gasteiger partial charge on any atom is -0.308 e. The maximum atomic E-state index is 10.5. The second kappa shape index (κ2) is 11.7. The molecule has 10 aromatic rings. The van der Waals surface area contributed by atoms with Gasteiger partial charge in [-0.05, 0) is 81.6 Å². The van der Waals surface area contributed by atoms with Crippen LogP contribution in [0, 0.1) is 11.3 Å². The number of aromatic nitrogens is 2. The van der Waals surface area contributed by atoms with Crippen LogP contribution in [0.1, 0.15) is 5.56 Å². The highest BCUT2D eigenvalue weighted by Gasteiger charge is 2.19. The SMILES string of the molecule is N#Cc1cc2c3sc4c5c(cccc5c5ccccc5n2-c2ccc(-c5ccccc5)cc2)ccc4n(-c2ccc(-c4ccccc4)cc2)c3c1. The smallest absolute Gasteiger partial charge is 0.0993 e. The van der Waals surface area contributed by atoms with E-state index >= 15 is 0 Å². The lowest BCUT2D eigenvalue weighted by molar-refractivity contribution is 1.15. The number of nitriles is 1. The Morgan fingerprint density at radius 2 is 0.941 bits per heavy atom. The average molecular weight is 668 g/mol. The molecule has 0 saturated carbocycles. The van der Waals surface area contributed by atoms with E-state index in [1.807, 2.05) is 23.5 Å². The van der Waals surface area contributed by atoms with Gasteiger partial charge in [-0.2, -0.15) is 5.26 Å². The lowest BCUT2D eigenvalue weighted by Crippen LogP contribution is -2.02. The minimum absolute atomic E-state index is 0.611. The van der Waals surface area contributed by atoms with Crippen molar-refractivity contribution in [1.29, 1.82) is 5.26 Å². The lowest BCUT2D eigenvalue weighted by Gasteiger charge is -2.19. The summed E-state index contributed by atoms with van der Waals surface area (Å²) in [6.45, 7) is 0. The van der Waals surface area contributed by atoms with Crippen molar-refractivity contribution in [2.75, 3.05) is 0 Å². The third-order valence-electron chi connectivity index (χ3n) is 9.98. The van der Waals surface area contributed by atoms with Crippen LogP contribution in [0.15, 0.2) is 176 Å². The van der Waals surface area contributed by atoms with Crippen molar-refractivity contribution >= 4 is 64.3 Å². The molecule has 0 amide bonds. The summed E-state index contributed by atoms with van der Waals surface area (Å²) in [6, 6.07) is 65.0. The number of fused-ring (bicyclic) bond motifs is 2. The highest BCUT2D eigenvalue weighted by atomic mass is 32.1. The first kappa shape index (κ1) is 29.3. The molecule has 51 heavy (non-hydrogen) atoms. The van der Waals surface area contributed by atoms with E-state index in [1.165, 1.54) is 32.0 Å². The third-order valence-corrected chi connectivity index (χ3v) is 11.2. The zero-order valence-electron chi connectivity index (χ0n) is 27.5. The first-order chi connectivity index (χ1) is 25.2. The number of para-hydroxylation sites is 1. The first-order valence-electron chi connectivity index (χ1n) is 17.1. The van der Waals surface area contributed by atoms with Gasteiger partial charge in [0.2, 0.25) is 0 Å². The molecule has 0 aliphatic heterocycles. The molecule has 0 unspecified atom stereocenters. The zero-order valence-corrected chi connectivity index (χ0v) is 28.3. The van der Waals surface area contributed by atoms with Crippen LogP contribution < -0.4 is 0 Å². The van der Waals surface area contributed by atoms with Gasteiger partial charge in [0.15, 0.2) is 0 Å². The Labute approximate surface area is 298 Å². The molecule has 0 fully saturated rings. The predicted octanol–water partition coefficient (Wildman–Crippen LogP) is 12.9. The van der Waals surface area contributed by atoms with E-state index in [0.29, 0.717) is 5.56 Å². The molecule has 2 heterocycles. The van der Waals surface area contributed by atoms with Crippen LogP contribution in [-0.4, -0.2) is 9.13 Å². The molecule has 10 rings (SSSR count). The van der Waals surface area contributed by atoms with Gasteiger partial charge in [-0.15, -0.1) is 11.3 Å².